The Balaban J connectivity index is 5.25. The van der Waals surface area contributed by atoms with E-state index in [1.54, 1.807) is 0 Å². The van der Waals surface area contributed by atoms with Crippen molar-refractivity contribution in [1.82, 2.24) is 0 Å². The first-order valence-electron chi connectivity index (χ1n) is 44.5. The highest BCUT2D eigenvalue weighted by Crippen LogP contribution is 2.45. The Labute approximate surface area is 645 Å². The van der Waals surface area contributed by atoms with Gasteiger partial charge < -0.3 is 33.8 Å². The van der Waals surface area contributed by atoms with Crippen molar-refractivity contribution in [3.63, 3.8) is 0 Å². The maximum atomic E-state index is 13.1. The van der Waals surface area contributed by atoms with Crippen LogP contribution in [0.15, 0.2) is 0 Å². The Hall–Kier alpha value is -1.94. The number of ether oxygens (including phenoxy) is 4. The van der Waals surface area contributed by atoms with Crippen LogP contribution in [0.4, 0.5) is 0 Å². The standard InChI is InChI=1S/C86H168O17P2/c1-7-9-11-13-15-17-19-20-21-22-23-27-33-39-45-51-57-63-69-84(89)97-75-82(103-85(90)70-64-58-52-46-40-34-28-25-24-26-31-37-42-48-54-60-66-78(3)4)77-101-105(94,95)99-73-80(87)72-98-104(92,93)100-76-81(74-96-83(88)68-62-56-50-44-36-18-16-14-12-10-8-2)102-86(91)71-65-59-53-47-41-35-30-29-32-38-43-49-55-61-67-79(5)6/h78-82,87H,7-77H2,1-6H3,(H,92,93)(H,94,95)/t80-,81+,82+/m0/s1. The molecule has 0 amide bonds. The molecular formula is C86H168O17P2. The summed E-state index contributed by atoms with van der Waals surface area (Å²) in [6, 6.07) is 0. The molecule has 0 rings (SSSR count). The molecule has 0 aliphatic heterocycles. The second-order valence-electron chi connectivity index (χ2n) is 31.9. The molecule has 0 saturated heterocycles. The maximum absolute atomic E-state index is 13.1. The normalized spacial score (nSPS) is 13.8. The number of phosphoric acid groups is 2. The van der Waals surface area contributed by atoms with E-state index in [1.165, 1.54) is 276 Å². The van der Waals surface area contributed by atoms with Crippen LogP contribution in [0.5, 0.6) is 0 Å². The number of aliphatic hydroxyl groups excluding tert-OH is 1. The number of hydrogen-bond acceptors (Lipinski definition) is 15. The molecule has 17 nitrogen and oxygen atoms in total. The topological polar surface area (TPSA) is 237 Å². The number of esters is 4. The lowest BCUT2D eigenvalue weighted by molar-refractivity contribution is -0.161. The minimum Gasteiger partial charge on any atom is -0.462 e. The van der Waals surface area contributed by atoms with Gasteiger partial charge in [-0.3, -0.25) is 37.3 Å². The third kappa shape index (κ3) is 79.9. The summed E-state index contributed by atoms with van der Waals surface area (Å²) in [6.07, 6.45) is 69.3. The van der Waals surface area contributed by atoms with Crippen molar-refractivity contribution in [3.05, 3.63) is 0 Å². The van der Waals surface area contributed by atoms with Crippen molar-refractivity contribution in [2.24, 2.45) is 11.8 Å². The number of hydrogen-bond donors (Lipinski definition) is 3. The van der Waals surface area contributed by atoms with Gasteiger partial charge in [-0.15, -0.1) is 0 Å². The zero-order valence-corrected chi connectivity index (χ0v) is 70.8. The van der Waals surface area contributed by atoms with Gasteiger partial charge in [-0.1, -0.05) is 408 Å². The summed E-state index contributed by atoms with van der Waals surface area (Å²) >= 11 is 0. The quantitative estimate of drug-likeness (QED) is 0.0222. The van der Waals surface area contributed by atoms with Gasteiger partial charge in [-0.25, -0.2) is 9.13 Å². The van der Waals surface area contributed by atoms with Crippen LogP contribution in [-0.4, -0.2) is 96.7 Å². The second-order valence-corrected chi connectivity index (χ2v) is 34.8. The molecule has 3 N–H and O–H groups in total. The number of aliphatic hydroxyl groups is 1. The van der Waals surface area contributed by atoms with Gasteiger partial charge in [0.05, 0.1) is 26.4 Å². The first-order valence-corrected chi connectivity index (χ1v) is 47.5. The monoisotopic (exact) mass is 1540 g/mol. The van der Waals surface area contributed by atoms with E-state index in [9.17, 15) is 43.2 Å². The smallest absolute Gasteiger partial charge is 0.462 e. The van der Waals surface area contributed by atoms with Crippen molar-refractivity contribution in [3.8, 4) is 0 Å². The van der Waals surface area contributed by atoms with Crippen molar-refractivity contribution >= 4 is 39.5 Å². The Morgan fingerprint density at radius 2 is 0.438 bits per heavy atom. The summed E-state index contributed by atoms with van der Waals surface area (Å²) in [7, 11) is -9.93. The number of rotatable bonds is 85. The van der Waals surface area contributed by atoms with Crippen molar-refractivity contribution in [2.75, 3.05) is 39.6 Å². The van der Waals surface area contributed by atoms with Crippen molar-refractivity contribution < 1.29 is 80.2 Å². The lowest BCUT2D eigenvalue weighted by atomic mass is 10.0. The average Bonchev–Trinajstić information content (AvgIpc) is 1.18. The van der Waals surface area contributed by atoms with E-state index >= 15 is 0 Å². The fraction of sp³-hybridized carbons (Fsp3) is 0.953. The van der Waals surface area contributed by atoms with Crippen LogP contribution < -0.4 is 0 Å². The van der Waals surface area contributed by atoms with E-state index in [1.807, 2.05) is 0 Å². The Kier molecular flexibility index (Phi) is 76.0. The molecule has 0 heterocycles. The Morgan fingerprint density at radius 1 is 0.257 bits per heavy atom. The molecule has 0 saturated carbocycles. The summed E-state index contributed by atoms with van der Waals surface area (Å²) in [6.45, 7) is 9.72. The van der Waals surface area contributed by atoms with E-state index < -0.39 is 97.5 Å². The predicted octanol–water partition coefficient (Wildman–Crippen LogP) is 26.2. The summed E-state index contributed by atoms with van der Waals surface area (Å²) in [5, 5.41) is 10.7. The largest absolute Gasteiger partial charge is 0.472 e. The lowest BCUT2D eigenvalue weighted by Crippen LogP contribution is -2.30. The number of phosphoric ester groups is 2. The Morgan fingerprint density at radius 3 is 0.648 bits per heavy atom. The SMILES string of the molecule is CCCCCCCCCCCCCCCCCCCCC(=O)OC[C@H](COP(=O)(O)OC[C@@H](O)COP(=O)(O)OC[C@@H](COC(=O)CCCCCCCCCCCCC)OC(=O)CCCCCCCCCCCCCCCCC(C)C)OC(=O)CCCCCCCCCCCCCCCCCCC(C)C. The molecule has 0 aromatic heterocycles. The van der Waals surface area contributed by atoms with Crippen LogP contribution in [-0.2, 0) is 65.4 Å². The average molecular weight is 1540 g/mol. The fourth-order valence-electron chi connectivity index (χ4n) is 13.4. The molecule has 105 heavy (non-hydrogen) atoms. The van der Waals surface area contributed by atoms with Gasteiger partial charge in [0.1, 0.15) is 19.3 Å². The molecule has 0 radical (unpaired) electrons. The van der Waals surface area contributed by atoms with E-state index in [0.29, 0.717) is 25.7 Å². The second kappa shape index (κ2) is 77.4. The van der Waals surface area contributed by atoms with Gasteiger partial charge in [0, 0.05) is 25.7 Å². The summed E-state index contributed by atoms with van der Waals surface area (Å²) in [5.74, 6) is -0.496. The molecule has 0 aromatic rings. The predicted molar refractivity (Wildman–Crippen MR) is 432 cm³/mol. The lowest BCUT2D eigenvalue weighted by Gasteiger charge is -2.21. The van der Waals surface area contributed by atoms with E-state index in [2.05, 4.69) is 41.5 Å². The fourth-order valence-corrected chi connectivity index (χ4v) is 15.0. The number of carbonyl (C=O) groups excluding carboxylic acids is 4. The van der Waals surface area contributed by atoms with Gasteiger partial charge in [-0.2, -0.15) is 0 Å². The third-order valence-corrected chi connectivity index (χ3v) is 22.1. The van der Waals surface area contributed by atoms with E-state index in [4.69, 9.17) is 37.0 Å². The maximum Gasteiger partial charge on any atom is 0.472 e. The van der Waals surface area contributed by atoms with Crippen molar-refractivity contribution in [2.45, 2.75) is 477 Å². The van der Waals surface area contributed by atoms with Crippen LogP contribution in [0.3, 0.4) is 0 Å². The molecule has 0 aliphatic rings. The van der Waals surface area contributed by atoms with Crippen molar-refractivity contribution in [1.29, 1.82) is 0 Å². The van der Waals surface area contributed by atoms with Crippen LogP contribution in [0.1, 0.15) is 459 Å². The molecular weight excluding hydrogens is 1370 g/mol. The first kappa shape index (κ1) is 103. The van der Waals surface area contributed by atoms with Gasteiger partial charge in [0.2, 0.25) is 0 Å². The summed E-state index contributed by atoms with van der Waals surface area (Å²) in [5.41, 5.74) is 0. The molecule has 19 heteroatoms. The molecule has 624 valence electrons. The number of unbranched alkanes of at least 4 members (excludes halogenated alkanes) is 55. The van der Waals surface area contributed by atoms with E-state index in [-0.39, 0.29) is 25.7 Å². The van der Waals surface area contributed by atoms with Gasteiger partial charge in [0.15, 0.2) is 12.2 Å². The third-order valence-electron chi connectivity index (χ3n) is 20.2. The molecule has 2 unspecified atom stereocenters. The minimum atomic E-state index is -4.97. The summed E-state index contributed by atoms with van der Waals surface area (Å²) in [4.78, 5) is 73.2. The van der Waals surface area contributed by atoms with Crippen LogP contribution >= 0.6 is 15.6 Å². The summed E-state index contributed by atoms with van der Waals surface area (Å²) < 4.78 is 68.9. The molecule has 0 bridgehead atoms. The Bertz CT molecular complexity index is 2010. The number of carbonyl (C=O) groups is 4. The van der Waals surface area contributed by atoms with Crippen LogP contribution in [0, 0.1) is 11.8 Å². The van der Waals surface area contributed by atoms with Gasteiger partial charge in [-0.05, 0) is 37.5 Å². The zero-order valence-electron chi connectivity index (χ0n) is 69.0. The molecule has 0 aromatic carbocycles. The minimum absolute atomic E-state index is 0.108. The molecule has 0 fully saturated rings. The molecule has 5 atom stereocenters. The highest BCUT2D eigenvalue weighted by atomic mass is 31.2. The zero-order chi connectivity index (χ0) is 77.1. The van der Waals surface area contributed by atoms with Crippen LogP contribution in [0.2, 0.25) is 0 Å². The highest BCUT2D eigenvalue weighted by Gasteiger charge is 2.30. The van der Waals surface area contributed by atoms with E-state index in [0.717, 1.165) is 102 Å². The first-order chi connectivity index (χ1) is 50.9. The van der Waals surface area contributed by atoms with Gasteiger partial charge >= 0.3 is 39.5 Å². The highest BCUT2D eigenvalue weighted by molar-refractivity contribution is 7.47. The van der Waals surface area contributed by atoms with Crippen LogP contribution in [0.25, 0.3) is 0 Å². The molecule has 0 spiro atoms. The molecule has 0 aliphatic carbocycles. The van der Waals surface area contributed by atoms with Gasteiger partial charge in [0.25, 0.3) is 0 Å².